The number of methoxy groups -OCH3 is 1. The van der Waals surface area contributed by atoms with Crippen molar-refractivity contribution >= 4 is 5.65 Å². The number of benzene rings is 2. The van der Waals surface area contributed by atoms with Gasteiger partial charge in [0.1, 0.15) is 17.0 Å². The minimum absolute atomic E-state index is 0.165. The lowest BCUT2D eigenvalue weighted by molar-refractivity contribution is 0.415. The van der Waals surface area contributed by atoms with Gasteiger partial charge in [-0.05, 0) is 17.7 Å². The summed E-state index contributed by atoms with van der Waals surface area (Å²) in [5.74, 6) is 0.480. The maximum Gasteiger partial charge on any atom is 0.286 e. The average Bonchev–Trinajstić information content (AvgIpc) is 3.07. The van der Waals surface area contributed by atoms with E-state index in [9.17, 15) is 9.90 Å². The van der Waals surface area contributed by atoms with E-state index in [1.54, 1.807) is 37.4 Å². The van der Waals surface area contributed by atoms with Gasteiger partial charge in [0.15, 0.2) is 0 Å². The van der Waals surface area contributed by atoms with Crippen molar-refractivity contribution < 1.29 is 9.84 Å². The Morgan fingerprint density at radius 2 is 1.76 bits per heavy atom. The van der Waals surface area contributed by atoms with Crippen molar-refractivity contribution in [3.8, 4) is 34.0 Å². The Labute approximate surface area is 143 Å². The maximum absolute atomic E-state index is 12.8. The van der Waals surface area contributed by atoms with Crippen LogP contribution in [-0.4, -0.2) is 26.8 Å². The second kappa shape index (κ2) is 5.83. The molecule has 6 heteroatoms. The fourth-order valence-corrected chi connectivity index (χ4v) is 2.78. The number of H-pyrrole nitrogens is 1. The molecule has 0 aliphatic rings. The number of hydrogen-bond donors (Lipinski definition) is 2. The van der Waals surface area contributed by atoms with Crippen molar-refractivity contribution in [2.45, 2.75) is 0 Å². The molecule has 124 valence electrons. The molecule has 0 fully saturated rings. The van der Waals surface area contributed by atoms with Crippen LogP contribution in [0.15, 0.2) is 65.5 Å². The van der Waals surface area contributed by atoms with Gasteiger partial charge < -0.3 is 14.8 Å². The fourth-order valence-electron chi connectivity index (χ4n) is 2.78. The summed E-state index contributed by atoms with van der Waals surface area (Å²) < 4.78 is 6.39. The molecule has 0 atom stereocenters. The second-order valence-electron chi connectivity index (χ2n) is 5.57. The topological polar surface area (TPSA) is 79.6 Å². The highest BCUT2D eigenvalue weighted by atomic mass is 16.5. The maximum atomic E-state index is 12.8. The summed E-state index contributed by atoms with van der Waals surface area (Å²) in [7, 11) is 1.57. The van der Waals surface area contributed by atoms with Crippen molar-refractivity contribution in [1.82, 2.24) is 14.6 Å². The zero-order chi connectivity index (χ0) is 17.4. The van der Waals surface area contributed by atoms with Gasteiger partial charge in [0.05, 0.1) is 12.8 Å². The Kier molecular flexibility index (Phi) is 3.50. The number of hydrogen-bond acceptors (Lipinski definition) is 4. The van der Waals surface area contributed by atoms with E-state index in [4.69, 9.17) is 4.74 Å². The van der Waals surface area contributed by atoms with Gasteiger partial charge in [-0.1, -0.05) is 42.5 Å². The van der Waals surface area contributed by atoms with E-state index in [-0.39, 0.29) is 11.4 Å². The molecule has 4 aromatic rings. The van der Waals surface area contributed by atoms with Gasteiger partial charge >= 0.3 is 0 Å². The minimum Gasteiger partial charge on any atom is -0.497 e. The number of aromatic nitrogens is 3. The first-order chi connectivity index (χ1) is 12.2. The van der Waals surface area contributed by atoms with E-state index in [0.29, 0.717) is 22.7 Å². The van der Waals surface area contributed by atoms with Crippen LogP contribution in [0.5, 0.6) is 11.6 Å². The summed E-state index contributed by atoms with van der Waals surface area (Å²) in [5, 5.41) is 14.7. The Balaban J connectivity index is 1.90. The van der Waals surface area contributed by atoms with Crippen LogP contribution in [-0.2, 0) is 0 Å². The molecule has 2 N–H and O–H groups in total. The number of aromatic amines is 1. The van der Waals surface area contributed by atoms with Crippen LogP contribution in [0.4, 0.5) is 0 Å². The van der Waals surface area contributed by atoms with Gasteiger partial charge in [-0.25, -0.2) is 0 Å². The number of nitrogens with one attached hydrogen (secondary N) is 1. The van der Waals surface area contributed by atoms with E-state index in [0.717, 1.165) is 5.56 Å². The molecule has 2 heterocycles. The lowest BCUT2D eigenvalue weighted by Crippen LogP contribution is -2.17. The second-order valence-corrected chi connectivity index (χ2v) is 5.57. The van der Waals surface area contributed by atoms with Crippen LogP contribution in [0.3, 0.4) is 0 Å². The molecule has 25 heavy (non-hydrogen) atoms. The van der Waals surface area contributed by atoms with Crippen LogP contribution < -0.4 is 10.3 Å². The van der Waals surface area contributed by atoms with E-state index in [1.165, 1.54) is 4.52 Å². The monoisotopic (exact) mass is 333 g/mol. The van der Waals surface area contributed by atoms with Gasteiger partial charge in [0.2, 0.25) is 5.88 Å². The number of rotatable bonds is 3. The van der Waals surface area contributed by atoms with Crippen molar-refractivity contribution in [3.63, 3.8) is 0 Å². The standard InChI is InChI=1S/C19H15N3O3/c1-25-14-9-7-13(8-10-14)17-18(23)20-16-11-15(21-22(16)19(17)24)12-5-3-2-4-6-12/h2-11,20,23H,1H3. The Morgan fingerprint density at radius 1 is 1.04 bits per heavy atom. The summed E-state index contributed by atoms with van der Waals surface area (Å²) in [6.45, 7) is 0. The van der Waals surface area contributed by atoms with Crippen LogP contribution in [0.2, 0.25) is 0 Å². The predicted molar refractivity (Wildman–Crippen MR) is 94.9 cm³/mol. The van der Waals surface area contributed by atoms with E-state index in [2.05, 4.69) is 10.1 Å². The molecule has 0 saturated heterocycles. The third-order valence-electron chi connectivity index (χ3n) is 4.05. The third kappa shape index (κ3) is 2.53. The van der Waals surface area contributed by atoms with Crippen molar-refractivity contribution in [1.29, 1.82) is 0 Å². The van der Waals surface area contributed by atoms with Crippen molar-refractivity contribution in [2.75, 3.05) is 7.11 Å². The molecule has 0 spiro atoms. The molecule has 0 radical (unpaired) electrons. The molecule has 0 unspecified atom stereocenters. The molecule has 0 amide bonds. The quantitative estimate of drug-likeness (QED) is 0.604. The third-order valence-corrected chi connectivity index (χ3v) is 4.05. The lowest BCUT2D eigenvalue weighted by atomic mass is 10.1. The number of nitrogens with zero attached hydrogens (tertiary/aromatic N) is 2. The minimum atomic E-state index is -0.390. The van der Waals surface area contributed by atoms with E-state index >= 15 is 0 Å². The Morgan fingerprint density at radius 3 is 2.44 bits per heavy atom. The molecule has 6 nitrogen and oxygen atoms in total. The van der Waals surface area contributed by atoms with Crippen molar-refractivity contribution in [2.24, 2.45) is 0 Å². The summed E-state index contributed by atoms with van der Waals surface area (Å²) in [6, 6.07) is 18.2. The molecule has 0 aliphatic carbocycles. The zero-order valence-corrected chi connectivity index (χ0v) is 13.4. The SMILES string of the molecule is COc1ccc(-c2c(O)[nH]c3cc(-c4ccccc4)nn3c2=O)cc1. The average molecular weight is 333 g/mol. The van der Waals surface area contributed by atoms with E-state index in [1.807, 2.05) is 30.3 Å². The van der Waals surface area contributed by atoms with E-state index < -0.39 is 5.56 Å². The first kappa shape index (κ1) is 15.0. The molecule has 0 aliphatic heterocycles. The van der Waals surface area contributed by atoms with Crippen LogP contribution in [0.25, 0.3) is 28.0 Å². The Hall–Kier alpha value is -3.54. The molecule has 0 saturated carbocycles. The first-order valence-corrected chi connectivity index (χ1v) is 7.72. The molecule has 0 bridgehead atoms. The van der Waals surface area contributed by atoms with Gasteiger partial charge in [-0.15, -0.1) is 0 Å². The summed E-state index contributed by atoms with van der Waals surface area (Å²) in [5.41, 5.74) is 2.33. The molecule has 2 aromatic carbocycles. The van der Waals surface area contributed by atoms with Crippen molar-refractivity contribution in [3.05, 3.63) is 71.0 Å². The molecular formula is C19H15N3O3. The van der Waals surface area contributed by atoms with Gasteiger partial charge in [0, 0.05) is 11.6 Å². The fraction of sp³-hybridized carbons (Fsp3) is 0.0526. The first-order valence-electron chi connectivity index (χ1n) is 7.72. The molecular weight excluding hydrogens is 318 g/mol. The van der Waals surface area contributed by atoms with Crippen LogP contribution in [0.1, 0.15) is 0 Å². The summed E-state index contributed by atoms with van der Waals surface area (Å²) in [6.07, 6.45) is 0. The molecule has 2 aromatic heterocycles. The largest absolute Gasteiger partial charge is 0.497 e. The smallest absolute Gasteiger partial charge is 0.286 e. The van der Waals surface area contributed by atoms with Crippen LogP contribution >= 0.6 is 0 Å². The summed E-state index contributed by atoms with van der Waals surface area (Å²) >= 11 is 0. The predicted octanol–water partition coefficient (Wildman–Crippen LogP) is 3.07. The van der Waals surface area contributed by atoms with Gasteiger partial charge in [-0.2, -0.15) is 9.61 Å². The highest BCUT2D eigenvalue weighted by Crippen LogP contribution is 2.27. The number of fused-ring (bicyclic) bond motifs is 1. The highest BCUT2D eigenvalue weighted by molar-refractivity contribution is 5.71. The number of aromatic hydroxyl groups is 1. The zero-order valence-electron chi connectivity index (χ0n) is 13.4. The highest BCUT2D eigenvalue weighted by Gasteiger charge is 2.16. The summed E-state index contributed by atoms with van der Waals surface area (Å²) in [4.78, 5) is 15.7. The lowest BCUT2D eigenvalue weighted by Gasteiger charge is -2.06. The number of ether oxygens (including phenoxy) is 1. The van der Waals surface area contributed by atoms with Gasteiger partial charge in [-0.3, -0.25) is 4.79 Å². The van der Waals surface area contributed by atoms with Gasteiger partial charge in [0.25, 0.3) is 5.56 Å². The molecule has 4 rings (SSSR count). The Bertz CT molecular complexity index is 1100. The van der Waals surface area contributed by atoms with Crippen LogP contribution in [0, 0.1) is 0 Å². The normalized spacial score (nSPS) is 10.9.